The number of halogens is 2. The van der Waals surface area contributed by atoms with Gasteiger partial charge in [-0.05, 0) is 54.7 Å². The maximum Gasteiger partial charge on any atom is 0.121 e. The molecule has 4 heteroatoms. The molecule has 0 saturated heterocycles. The van der Waals surface area contributed by atoms with E-state index in [9.17, 15) is 5.11 Å². The summed E-state index contributed by atoms with van der Waals surface area (Å²) in [7, 11) is 0. The van der Waals surface area contributed by atoms with Crippen LogP contribution in [0.1, 0.15) is 42.0 Å². The Morgan fingerprint density at radius 1 is 1.10 bits per heavy atom. The predicted octanol–water partition coefficient (Wildman–Crippen LogP) is 5.67. The van der Waals surface area contributed by atoms with Crippen molar-refractivity contribution in [2.24, 2.45) is 0 Å². The van der Waals surface area contributed by atoms with Crippen molar-refractivity contribution in [1.29, 1.82) is 0 Å². The number of rotatable bonds is 2. The molecule has 2 nitrogen and oxygen atoms in total. The summed E-state index contributed by atoms with van der Waals surface area (Å²) in [5.41, 5.74) is 4.41. The number of nitrogens with one attached hydrogen (secondary N) is 1. The Balaban J connectivity index is 1.96. The van der Waals surface area contributed by atoms with Crippen LogP contribution in [0.3, 0.4) is 0 Å². The molecule has 0 radical (unpaired) electrons. The van der Waals surface area contributed by atoms with E-state index in [0.29, 0.717) is 21.7 Å². The Labute approximate surface area is 134 Å². The van der Waals surface area contributed by atoms with Gasteiger partial charge in [0.1, 0.15) is 5.75 Å². The minimum atomic E-state index is 0.0899. The Hall–Kier alpha value is -1.38. The normalized spacial score (nSPS) is 20.4. The molecule has 2 aromatic rings. The summed E-state index contributed by atoms with van der Waals surface area (Å²) in [6, 6.07) is 9.35. The predicted molar refractivity (Wildman–Crippen MR) is 88.7 cm³/mol. The number of hydrogen-bond donors (Lipinski definition) is 2. The molecule has 2 aromatic carbocycles. The molecule has 2 N–H and O–H groups in total. The lowest BCUT2D eigenvalue weighted by atomic mass is 9.97. The van der Waals surface area contributed by atoms with Gasteiger partial charge in [0.05, 0.1) is 16.1 Å². The van der Waals surface area contributed by atoms with Crippen molar-refractivity contribution in [2.45, 2.75) is 32.2 Å². The van der Waals surface area contributed by atoms with Gasteiger partial charge in [-0.2, -0.15) is 0 Å². The van der Waals surface area contributed by atoms with Gasteiger partial charge in [0.25, 0.3) is 0 Å². The average Bonchev–Trinajstić information content (AvgIpc) is 2.76. The van der Waals surface area contributed by atoms with E-state index in [1.807, 2.05) is 18.2 Å². The Bertz CT molecular complexity index is 699. The van der Waals surface area contributed by atoms with Gasteiger partial charge in [-0.15, -0.1) is 0 Å². The molecule has 0 bridgehead atoms. The van der Waals surface area contributed by atoms with Crippen molar-refractivity contribution < 1.29 is 5.11 Å². The summed E-state index contributed by atoms with van der Waals surface area (Å²) in [4.78, 5) is 0. The smallest absolute Gasteiger partial charge is 0.121 e. The van der Waals surface area contributed by atoms with Crippen LogP contribution in [0.5, 0.6) is 5.75 Å². The lowest BCUT2D eigenvalue weighted by Crippen LogP contribution is -2.07. The Kier molecular flexibility index (Phi) is 3.76. The molecule has 0 saturated carbocycles. The van der Waals surface area contributed by atoms with Crippen molar-refractivity contribution in [1.82, 2.24) is 0 Å². The zero-order valence-corrected chi connectivity index (χ0v) is 13.5. The van der Waals surface area contributed by atoms with Gasteiger partial charge < -0.3 is 10.4 Å². The van der Waals surface area contributed by atoms with Crippen LogP contribution in [0.4, 0.5) is 5.69 Å². The van der Waals surface area contributed by atoms with E-state index in [0.717, 1.165) is 17.7 Å². The first-order valence-corrected chi connectivity index (χ1v) is 7.77. The first kappa shape index (κ1) is 14.6. The summed E-state index contributed by atoms with van der Waals surface area (Å²) >= 11 is 12.0. The molecular formula is C17H17Cl2NO. The van der Waals surface area contributed by atoms with Crippen molar-refractivity contribution >= 4 is 28.9 Å². The maximum atomic E-state index is 10.2. The number of aryl methyl sites for hydroxylation is 1. The van der Waals surface area contributed by atoms with Crippen LogP contribution >= 0.6 is 23.2 Å². The van der Waals surface area contributed by atoms with Gasteiger partial charge in [0.2, 0.25) is 0 Å². The van der Waals surface area contributed by atoms with E-state index in [4.69, 9.17) is 23.2 Å². The van der Waals surface area contributed by atoms with Crippen LogP contribution in [0, 0.1) is 6.92 Å². The first-order valence-electron chi connectivity index (χ1n) is 7.01. The summed E-state index contributed by atoms with van der Waals surface area (Å²) in [5.74, 6) is 0.782. The van der Waals surface area contributed by atoms with Crippen LogP contribution in [0.2, 0.25) is 10.0 Å². The van der Waals surface area contributed by atoms with Gasteiger partial charge in [-0.25, -0.2) is 0 Å². The molecule has 21 heavy (non-hydrogen) atoms. The lowest BCUT2D eigenvalue weighted by Gasteiger charge is -2.17. The number of fused-ring (bicyclic) bond motifs is 1. The molecule has 0 heterocycles. The number of anilines is 1. The van der Waals surface area contributed by atoms with E-state index in [-0.39, 0.29) is 6.04 Å². The second kappa shape index (κ2) is 5.43. The van der Waals surface area contributed by atoms with E-state index in [1.165, 1.54) is 11.1 Å². The van der Waals surface area contributed by atoms with Crippen molar-refractivity contribution in [3.8, 4) is 5.75 Å². The summed E-state index contributed by atoms with van der Waals surface area (Å²) < 4.78 is 0. The van der Waals surface area contributed by atoms with Crippen LogP contribution in [-0.2, 0) is 0 Å². The number of phenolic OH excluding ortho intramolecular Hbond substituents is 1. The van der Waals surface area contributed by atoms with Gasteiger partial charge in [0.15, 0.2) is 0 Å². The molecule has 3 rings (SSSR count). The van der Waals surface area contributed by atoms with E-state index in [1.54, 1.807) is 12.1 Å². The van der Waals surface area contributed by atoms with Crippen molar-refractivity contribution in [3.63, 3.8) is 0 Å². The third-order valence-corrected chi connectivity index (χ3v) is 4.91. The summed E-state index contributed by atoms with van der Waals surface area (Å²) in [5, 5.41) is 14.8. The fraction of sp³-hybridized carbons (Fsp3) is 0.294. The van der Waals surface area contributed by atoms with Crippen LogP contribution in [-0.4, -0.2) is 5.11 Å². The monoisotopic (exact) mass is 321 g/mol. The van der Waals surface area contributed by atoms with Gasteiger partial charge >= 0.3 is 0 Å². The van der Waals surface area contributed by atoms with Crippen molar-refractivity contribution in [2.75, 3.05) is 5.32 Å². The van der Waals surface area contributed by atoms with Gasteiger partial charge in [-0.3, -0.25) is 0 Å². The highest BCUT2D eigenvalue weighted by atomic mass is 35.5. The first-order chi connectivity index (χ1) is 9.97. The summed E-state index contributed by atoms with van der Waals surface area (Å²) in [6.07, 6.45) is 0.952. The largest absolute Gasteiger partial charge is 0.508 e. The molecule has 2 unspecified atom stereocenters. The molecule has 1 aliphatic rings. The van der Waals surface area contributed by atoms with Gasteiger partial charge in [0, 0.05) is 11.3 Å². The van der Waals surface area contributed by atoms with Crippen molar-refractivity contribution in [3.05, 3.63) is 57.1 Å². The van der Waals surface area contributed by atoms with E-state index < -0.39 is 0 Å². The highest BCUT2D eigenvalue weighted by molar-refractivity contribution is 6.42. The molecule has 0 fully saturated rings. The molecule has 2 atom stereocenters. The standard InChI is InChI=1S/C17H17Cl2NO/c1-9-3-6-15(21)17-14(7-10(2)16(9)17)20-11-4-5-12(18)13(19)8-11/h3-6,8,10,14,20-21H,7H2,1-2H3. The average molecular weight is 322 g/mol. The van der Waals surface area contributed by atoms with Crippen LogP contribution in [0.25, 0.3) is 0 Å². The Morgan fingerprint density at radius 3 is 2.57 bits per heavy atom. The van der Waals surface area contributed by atoms with E-state index >= 15 is 0 Å². The molecule has 0 amide bonds. The highest BCUT2D eigenvalue weighted by Crippen LogP contribution is 2.47. The fourth-order valence-corrected chi connectivity index (χ4v) is 3.56. The Morgan fingerprint density at radius 2 is 1.86 bits per heavy atom. The number of aromatic hydroxyl groups is 1. The summed E-state index contributed by atoms with van der Waals surface area (Å²) in [6.45, 7) is 4.29. The minimum absolute atomic E-state index is 0.0899. The quantitative estimate of drug-likeness (QED) is 0.747. The zero-order chi connectivity index (χ0) is 15.1. The topological polar surface area (TPSA) is 32.3 Å². The SMILES string of the molecule is Cc1ccc(O)c2c1C(C)CC2Nc1ccc(Cl)c(Cl)c1. The second-order valence-corrected chi connectivity index (χ2v) is 6.51. The lowest BCUT2D eigenvalue weighted by molar-refractivity contribution is 0.465. The van der Waals surface area contributed by atoms with Crippen LogP contribution < -0.4 is 5.32 Å². The molecule has 0 aliphatic heterocycles. The zero-order valence-electron chi connectivity index (χ0n) is 12.0. The molecular weight excluding hydrogens is 305 g/mol. The third-order valence-electron chi connectivity index (χ3n) is 4.17. The van der Waals surface area contributed by atoms with Gasteiger partial charge in [-0.1, -0.05) is 36.2 Å². The van der Waals surface area contributed by atoms with E-state index in [2.05, 4.69) is 19.2 Å². The molecule has 1 aliphatic carbocycles. The fourth-order valence-electron chi connectivity index (χ4n) is 3.26. The number of hydrogen-bond acceptors (Lipinski definition) is 2. The molecule has 0 spiro atoms. The third kappa shape index (κ3) is 2.58. The second-order valence-electron chi connectivity index (χ2n) is 5.69. The number of phenols is 1. The highest BCUT2D eigenvalue weighted by Gasteiger charge is 2.32. The molecule has 110 valence electrons. The number of benzene rings is 2. The molecule has 0 aromatic heterocycles. The minimum Gasteiger partial charge on any atom is -0.508 e. The van der Waals surface area contributed by atoms with Crippen LogP contribution in [0.15, 0.2) is 30.3 Å². The maximum absolute atomic E-state index is 10.2.